The fourth-order valence-corrected chi connectivity index (χ4v) is 2.46. The largest absolute Gasteiger partial charge is 0.340 e. The topological polar surface area (TPSA) is 60.2 Å². The van der Waals surface area contributed by atoms with E-state index in [0.717, 1.165) is 26.1 Å². The first-order valence-electron chi connectivity index (χ1n) is 6.41. The van der Waals surface area contributed by atoms with Crippen molar-refractivity contribution in [3.63, 3.8) is 0 Å². The van der Waals surface area contributed by atoms with Crippen LogP contribution in [0.3, 0.4) is 0 Å². The Hall–Kier alpha value is -1.93. The van der Waals surface area contributed by atoms with E-state index < -0.39 is 0 Å². The molecule has 1 unspecified atom stereocenters. The van der Waals surface area contributed by atoms with Crippen LogP contribution in [0.5, 0.6) is 0 Å². The van der Waals surface area contributed by atoms with Crippen LogP contribution in [0.1, 0.15) is 22.6 Å². The summed E-state index contributed by atoms with van der Waals surface area (Å²) in [5.41, 5.74) is 0.618. The molecule has 0 aromatic carbocycles. The second kappa shape index (κ2) is 5.81. The molecule has 2 heterocycles. The Morgan fingerprint density at radius 2 is 2.42 bits per heavy atom. The van der Waals surface area contributed by atoms with Crippen LogP contribution in [-0.4, -0.2) is 54.4 Å². The average Bonchev–Trinajstić information content (AvgIpc) is 2.83. The van der Waals surface area contributed by atoms with Crippen molar-refractivity contribution in [1.82, 2.24) is 14.8 Å². The van der Waals surface area contributed by atoms with Crippen LogP contribution in [0.15, 0.2) is 18.2 Å². The van der Waals surface area contributed by atoms with Crippen LogP contribution in [0.25, 0.3) is 0 Å². The minimum atomic E-state index is -0.119. The monoisotopic (exact) mass is 258 g/mol. The molecular weight excluding hydrogens is 240 g/mol. The first-order valence-corrected chi connectivity index (χ1v) is 6.41. The van der Waals surface area contributed by atoms with E-state index in [0.29, 0.717) is 11.6 Å². The summed E-state index contributed by atoms with van der Waals surface area (Å²) >= 11 is 0. The van der Waals surface area contributed by atoms with Crippen molar-refractivity contribution < 1.29 is 4.79 Å². The number of rotatable bonds is 3. The SMILES string of the molecule is CN1CCC(CN(C)C(=O)c2cccc(C#N)n2)C1. The molecule has 0 N–H and O–H groups in total. The van der Waals surface area contributed by atoms with E-state index in [9.17, 15) is 4.79 Å². The number of carbonyl (C=O) groups excluding carboxylic acids is 1. The Morgan fingerprint density at radius 3 is 3.05 bits per heavy atom. The molecule has 0 bridgehead atoms. The summed E-state index contributed by atoms with van der Waals surface area (Å²) < 4.78 is 0. The lowest BCUT2D eigenvalue weighted by Gasteiger charge is -2.20. The van der Waals surface area contributed by atoms with Crippen LogP contribution < -0.4 is 0 Å². The van der Waals surface area contributed by atoms with Crippen LogP contribution in [-0.2, 0) is 0 Å². The van der Waals surface area contributed by atoms with Gasteiger partial charge in [0.2, 0.25) is 0 Å². The Balaban J connectivity index is 2.00. The van der Waals surface area contributed by atoms with Crippen LogP contribution in [0.4, 0.5) is 0 Å². The average molecular weight is 258 g/mol. The molecule has 5 nitrogen and oxygen atoms in total. The maximum absolute atomic E-state index is 12.2. The summed E-state index contributed by atoms with van der Waals surface area (Å²) in [6.07, 6.45) is 1.12. The Labute approximate surface area is 113 Å². The van der Waals surface area contributed by atoms with Crippen LogP contribution in [0.2, 0.25) is 0 Å². The van der Waals surface area contributed by atoms with Gasteiger partial charge in [-0.15, -0.1) is 0 Å². The molecule has 1 saturated heterocycles. The van der Waals surface area contributed by atoms with Crippen molar-refractivity contribution in [1.29, 1.82) is 5.26 Å². The highest BCUT2D eigenvalue weighted by Crippen LogP contribution is 2.16. The van der Waals surface area contributed by atoms with E-state index >= 15 is 0 Å². The molecule has 0 radical (unpaired) electrons. The van der Waals surface area contributed by atoms with E-state index in [1.54, 1.807) is 30.1 Å². The molecule has 100 valence electrons. The van der Waals surface area contributed by atoms with Gasteiger partial charge in [0.15, 0.2) is 0 Å². The molecule has 0 aliphatic carbocycles. The molecule has 1 aliphatic heterocycles. The van der Waals surface area contributed by atoms with Gasteiger partial charge >= 0.3 is 0 Å². The predicted octanol–water partition coefficient (Wildman–Crippen LogP) is 0.977. The summed E-state index contributed by atoms with van der Waals surface area (Å²) in [5, 5.41) is 8.80. The lowest BCUT2D eigenvalue weighted by molar-refractivity contribution is 0.0768. The highest BCUT2D eigenvalue weighted by atomic mass is 16.2. The maximum atomic E-state index is 12.2. The summed E-state index contributed by atoms with van der Waals surface area (Å²) in [7, 11) is 3.89. The molecule has 5 heteroatoms. The molecule has 0 saturated carbocycles. The van der Waals surface area contributed by atoms with Crippen LogP contribution >= 0.6 is 0 Å². The fourth-order valence-electron chi connectivity index (χ4n) is 2.46. The Morgan fingerprint density at radius 1 is 1.63 bits per heavy atom. The third kappa shape index (κ3) is 3.30. The smallest absolute Gasteiger partial charge is 0.272 e. The van der Waals surface area contributed by atoms with Gasteiger partial charge in [-0.25, -0.2) is 4.98 Å². The number of likely N-dealkylation sites (tertiary alicyclic amines) is 1. The number of nitriles is 1. The lowest BCUT2D eigenvalue weighted by atomic mass is 10.1. The molecule has 1 aliphatic rings. The number of hydrogen-bond donors (Lipinski definition) is 0. The Kier molecular flexibility index (Phi) is 4.13. The minimum absolute atomic E-state index is 0.119. The highest BCUT2D eigenvalue weighted by molar-refractivity contribution is 5.92. The normalized spacial score (nSPS) is 19.1. The highest BCUT2D eigenvalue weighted by Gasteiger charge is 2.23. The molecule has 19 heavy (non-hydrogen) atoms. The van der Waals surface area contributed by atoms with Crippen molar-refractivity contribution >= 4 is 5.91 Å². The molecule has 2 rings (SSSR count). The fraction of sp³-hybridized carbons (Fsp3) is 0.500. The van der Waals surface area contributed by atoms with Gasteiger partial charge in [-0.1, -0.05) is 6.07 Å². The molecule has 1 atom stereocenters. The van der Waals surface area contributed by atoms with Crippen molar-refractivity contribution in [2.75, 3.05) is 33.7 Å². The van der Waals surface area contributed by atoms with Gasteiger partial charge in [0, 0.05) is 20.1 Å². The zero-order chi connectivity index (χ0) is 13.8. The molecule has 1 amide bonds. The number of amides is 1. The van der Waals surface area contributed by atoms with E-state index in [4.69, 9.17) is 5.26 Å². The third-order valence-electron chi connectivity index (χ3n) is 3.45. The summed E-state index contributed by atoms with van der Waals surface area (Å²) in [5.74, 6) is 0.407. The standard InChI is InChI=1S/C14H18N4O/c1-17-7-6-11(9-17)10-18(2)14(19)13-5-3-4-12(8-15)16-13/h3-5,11H,6-7,9-10H2,1-2H3. The molecule has 1 fully saturated rings. The minimum Gasteiger partial charge on any atom is -0.340 e. The summed E-state index contributed by atoms with van der Waals surface area (Å²) in [4.78, 5) is 20.2. The van der Waals surface area contributed by atoms with Crippen LogP contribution in [0, 0.1) is 17.2 Å². The molecule has 1 aromatic rings. The third-order valence-corrected chi connectivity index (χ3v) is 3.45. The second-order valence-electron chi connectivity index (χ2n) is 5.12. The first-order chi connectivity index (χ1) is 9.10. The van der Waals surface area contributed by atoms with E-state index in [1.165, 1.54) is 0 Å². The van der Waals surface area contributed by atoms with Gasteiger partial charge in [-0.05, 0) is 38.1 Å². The van der Waals surface area contributed by atoms with Gasteiger partial charge in [0.25, 0.3) is 5.91 Å². The zero-order valence-electron chi connectivity index (χ0n) is 11.3. The van der Waals surface area contributed by atoms with E-state index in [2.05, 4.69) is 16.9 Å². The molecular formula is C14H18N4O. The van der Waals surface area contributed by atoms with Gasteiger partial charge in [-0.3, -0.25) is 4.79 Å². The molecule has 0 spiro atoms. The number of nitrogens with zero attached hydrogens (tertiary/aromatic N) is 4. The van der Waals surface area contributed by atoms with Crippen molar-refractivity contribution in [2.45, 2.75) is 6.42 Å². The Bertz CT molecular complexity index is 508. The van der Waals surface area contributed by atoms with Gasteiger partial charge < -0.3 is 9.80 Å². The van der Waals surface area contributed by atoms with Gasteiger partial charge in [-0.2, -0.15) is 5.26 Å². The summed E-state index contributed by atoms with van der Waals surface area (Å²) in [6.45, 7) is 2.86. The van der Waals surface area contributed by atoms with E-state index in [-0.39, 0.29) is 11.6 Å². The number of carbonyl (C=O) groups is 1. The zero-order valence-corrected chi connectivity index (χ0v) is 11.3. The summed E-state index contributed by atoms with van der Waals surface area (Å²) in [6, 6.07) is 6.90. The lowest BCUT2D eigenvalue weighted by Crippen LogP contribution is -2.33. The van der Waals surface area contributed by atoms with Gasteiger partial charge in [0.05, 0.1) is 0 Å². The second-order valence-corrected chi connectivity index (χ2v) is 5.12. The number of hydrogen-bond acceptors (Lipinski definition) is 4. The van der Waals surface area contributed by atoms with E-state index in [1.807, 2.05) is 6.07 Å². The van der Waals surface area contributed by atoms with Gasteiger partial charge in [0.1, 0.15) is 17.5 Å². The van der Waals surface area contributed by atoms with Crippen molar-refractivity contribution in [3.8, 4) is 6.07 Å². The predicted molar refractivity (Wildman–Crippen MR) is 71.5 cm³/mol. The number of pyridine rings is 1. The number of aromatic nitrogens is 1. The first kappa shape index (κ1) is 13.5. The molecule has 1 aromatic heterocycles. The van der Waals surface area contributed by atoms with Crippen molar-refractivity contribution in [2.24, 2.45) is 5.92 Å². The maximum Gasteiger partial charge on any atom is 0.272 e. The quantitative estimate of drug-likeness (QED) is 0.810. The van der Waals surface area contributed by atoms with Crippen molar-refractivity contribution in [3.05, 3.63) is 29.6 Å².